The zero-order valence-electron chi connectivity index (χ0n) is 31.9. The van der Waals surface area contributed by atoms with Gasteiger partial charge in [0.1, 0.15) is 5.75 Å². The van der Waals surface area contributed by atoms with Crippen LogP contribution in [0.3, 0.4) is 0 Å². The third-order valence-electron chi connectivity index (χ3n) is 12.8. The summed E-state index contributed by atoms with van der Waals surface area (Å²) in [4.78, 5) is 12.6. The molecule has 2 aliphatic carbocycles. The van der Waals surface area contributed by atoms with E-state index in [1.165, 1.54) is 61.6 Å². The van der Waals surface area contributed by atoms with E-state index in [1.54, 1.807) is 6.07 Å². The smallest absolute Gasteiger partial charge is 0.303 e. The van der Waals surface area contributed by atoms with Gasteiger partial charge in [-0.2, -0.15) is 0 Å². The van der Waals surface area contributed by atoms with E-state index in [0.717, 1.165) is 83.0 Å². The highest BCUT2D eigenvalue weighted by atomic mass is 16.4. The van der Waals surface area contributed by atoms with Crippen LogP contribution < -0.4 is 5.73 Å². The molecule has 4 N–H and O–H groups in total. The van der Waals surface area contributed by atoms with Crippen molar-refractivity contribution >= 4 is 5.97 Å². The van der Waals surface area contributed by atoms with Gasteiger partial charge in [-0.25, -0.2) is 0 Å². The van der Waals surface area contributed by atoms with E-state index >= 15 is 0 Å². The van der Waals surface area contributed by atoms with Gasteiger partial charge in [0.15, 0.2) is 0 Å². The summed E-state index contributed by atoms with van der Waals surface area (Å²) in [5.74, 6) is 1.96. The molecule has 0 heterocycles. The molecule has 2 fully saturated rings. The molecule has 4 nitrogen and oxygen atoms in total. The Labute approximate surface area is 315 Å². The van der Waals surface area contributed by atoms with Crippen LogP contribution in [-0.4, -0.2) is 22.7 Å². The fourth-order valence-electron chi connectivity index (χ4n) is 10.1. The van der Waals surface area contributed by atoms with Gasteiger partial charge >= 0.3 is 5.97 Å². The summed E-state index contributed by atoms with van der Waals surface area (Å²) in [5.41, 5.74) is 10.2. The highest BCUT2D eigenvalue weighted by molar-refractivity contribution is 5.67. The van der Waals surface area contributed by atoms with E-state index < -0.39 is 5.97 Å². The molecular weight excluding hydrogens is 639 g/mol. The van der Waals surface area contributed by atoms with Crippen molar-refractivity contribution in [3.05, 3.63) is 114 Å². The number of aromatic hydroxyl groups is 1. The van der Waals surface area contributed by atoms with Crippen LogP contribution in [0.1, 0.15) is 132 Å². The normalized spacial score (nSPS) is 21.5. The Balaban J connectivity index is 1.31. The third kappa shape index (κ3) is 12.9. The number of allylic oxidation sites excluding steroid dienone is 2. The maximum Gasteiger partial charge on any atom is 0.303 e. The predicted octanol–water partition coefficient (Wildman–Crippen LogP) is 11.8. The first kappa shape index (κ1) is 39.8. The lowest BCUT2D eigenvalue weighted by molar-refractivity contribution is -0.138. The number of carboxylic acid groups (broad SMARTS) is 1. The van der Waals surface area contributed by atoms with Gasteiger partial charge in [0, 0.05) is 6.42 Å². The number of hydrogen-bond donors (Lipinski definition) is 3. The minimum atomic E-state index is -0.691. The van der Waals surface area contributed by atoms with Gasteiger partial charge < -0.3 is 15.9 Å². The fraction of sp³-hybridized carbons (Fsp3) is 0.562. The number of carbonyl (C=O) groups is 1. The van der Waals surface area contributed by atoms with Gasteiger partial charge in [0.2, 0.25) is 0 Å². The molecule has 0 bridgehead atoms. The second-order valence-corrected chi connectivity index (χ2v) is 16.6. The van der Waals surface area contributed by atoms with Gasteiger partial charge in [0.25, 0.3) is 0 Å². The summed E-state index contributed by atoms with van der Waals surface area (Å²) in [7, 11) is 0. The third-order valence-corrected chi connectivity index (χ3v) is 12.8. The van der Waals surface area contributed by atoms with Crippen molar-refractivity contribution in [1.82, 2.24) is 0 Å². The number of rotatable bonds is 21. The van der Waals surface area contributed by atoms with Crippen molar-refractivity contribution in [3.8, 4) is 5.75 Å². The maximum absolute atomic E-state index is 12.6. The zero-order valence-corrected chi connectivity index (χ0v) is 31.9. The summed E-state index contributed by atoms with van der Waals surface area (Å²) in [6, 6.07) is 29.6. The standard InChI is InChI=1S/C48H67NO3/c49-32-30-43(29-28-40(27-26-39-18-8-3-9-19-39)20-10-2-7-17-38-15-5-1-6-16-38)44(35-47(51)52)37-48(45-23-11-4-12-24-45)31-14-22-42(36-48)33-41-21-13-25-46(50)34-41/h2-4,8-13,18-19,21,23-25,34,38,40,42-44,50H,1,5-7,14-17,20,22,26-33,35-37,49H2,(H,51,52). The van der Waals surface area contributed by atoms with Crippen molar-refractivity contribution in [2.45, 2.75) is 134 Å². The topological polar surface area (TPSA) is 83.6 Å². The SMILES string of the molecule is NCCC(CCC(CC=CCCC1CCCCC1)CCc1ccccc1)C(CC(=O)O)CC1(c2ccccc2)CCCC(Cc2cccc(O)c2)C1. The van der Waals surface area contributed by atoms with Crippen molar-refractivity contribution in [1.29, 1.82) is 0 Å². The zero-order chi connectivity index (χ0) is 36.4. The molecule has 0 spiro atoms. The van der Waals surface area contributed by atoms with Crippen LogP contribution in [-0.2, 0) is 23.1 Å². The first-order valence-corrected chi connectivity index (χ1v) is 20.9. The van der Waals surface area contributed by atoms with E-state index in [0.29, 0.717) is 24.1 Å². The number of aryl methyl sites for hydroxylation is 1. The first-order valence-electron chi connectivity index (χ1n) is 20.9. The molecule has 4 heteroatoms. The molecule has 0 radical (unpaired) electrons. The van der Waals surface area contributed by atoms with Gasteiger partial charge in [-0.3, -0.25) is 4.79 Å². The van der Waals surface area contributed by atoms with Crippen molar-refractivity contribution in [2.24, 2.45) is 35.3 Å². The average molecular weight is 706 g/mol. The monoisotopic (exact) mass is 706 g/mol. The van der Waals surface area contributed by atoms with E-state index in [-0.39, 0.29) is 23.7 Å². The lowest BCUT2D eigenvalue weighted by Gasteiger charge is -2.45. The highest BCUT2D eigenvalue weighted by Crippen LogP contribution is 2.49. The molecule has 3 aromatic rings. The minimum Gasteiger partial charge on any atom is -0.508 e. The Morgan fingerprint density at radius 3 is 2.25 bits per heavy atom. The minimum absolute atomic E-state index is 0.0677. The predicted molar refractivity (Wildman–Crippen MR) is 216 cm³/mol. The Bertz CT molecular complexity index is 1470. The number of carboxylic acids is 1. The molecule has 0 aliphatic heterocycles. The summed E-state index contributed by atoms with van der Waals surface area (Å²) < 4.78 is 0. The van der Waals surface area contributed by atoms with E-state index in [2.05, 4.69) is 78.9 Å². The number of benzene rings is 3. The first-order chi connectivity index (χ1) is 25.4. The molecule has 2 aliphatic rings. The molecule has 0 aromatic heterocycles. The van der Waals surface area contributed by atoms with Crippen LogP contribution in [0, 0.1) is 29.6 Å². The summed E-state index contributed by atoms with van der Waals surface area (Å²) in [6.07, 6.45) is 27.3. The van der Waals surface area contributed by atoms with Gasteiger partial charge in [0.05, 0.1) is 0 Å². The summed E-state index contributed by atoms with van der Waals surface area (Å²) in [5, 5.41) is 20.5. The Hall–Kier alpha value is -3.37. The number of aliphatic carboxylic acids is 1. The Kier molecular flexibility index (Phi) is 16.4. The molecular formula is C48H67NO3. The molecule has 0 saturated heterocycles. The van der Waals surface area contributed by atoms with E-state index in [1.807, 2.05) is 12.1 Å². The molecule has 2 saturated carbocycles. The molecule has 5 rings (SSSR count). The van der Waals surface area contributed by atoms with E-state index in [9.17, 15) is 15.0 Å². The number of phenolic OH excluding ortho intramolecular Hbond substituents is 1. The molecule has 3 aromatic carbocycles. The number of nitrogens with two attached hydrogens (primary N) is 1. The second kappa shape index (κ2) is 21.4. The largest absolute Gasteiger partial charge is 0.508 e. The van der Waals surface area contributed by atoms with Crippen LogP contribution in [0.25, 0.3) is 0 Å². The molecule has 52 heavy (non-hydrogen) atoms. The van der Waals surface area contributed by atoms with Crippen LogP contribution in [0.4, 0.5) is 0 Å². The van der Waals surface area contributed by atoms with Crippen LogP contribution in [0.15, 0.2) is 97.1 Å². The number of hydrogen-bond acceptors (Lipinski definition) is 3. The Morgan fingerprint density at radius 1 is 0.788 bits per heavy atom. The van der Waals surface area contributed by atoms with Gasteiger partial charge in [-0.05, 0) is 147 Å². The lowest BCUT2D eigenvalue weighted by atomic mass is 9.59. The lowest BCUT2D eigenvalue weighted by Crippen LogP contribution is -2.38. The number of phenols is 1. The maximum atomic E-state index is 12.6. The van der Waals surface area contributed by atoms with Crippen molar-refractivity contribution in [2.75, 3.05) is 6.54 Å². The van der Waals surface area contributed by atoms with Crippen molar-refractivity contribution < 1.29 is 15.0 Å². The van der Waals surface area contributed by atoms with Crippen LogP contribution in [0.2, 0.25) is 0 Å². The quantitative estimate of drug-likeness (QED) is 0.0963. The summed E-state index contributed by atoms with van der Waals surface area (Å²) in [6.45, 7) is 0.592. The van der Waals surface area contributed by atoms with Gasteiger partial charge in [-0.15, -0.1) is 0 Å². The highest BCUT2D eigenvalue weighted by Gasteiger charge is 2.41. The van der Waals surface area contributed by atoms with E-state index in [4.69, 9.17) is 5.73 Å². The molecule has 282 valence electrons. The van der Waals surface area contributed by atoms with Gasteiger partial charge in [-0.1, -0.05) is 130 Å². The van der Waals surface area contributed by atoms with Crippen LogP contribution >= 0.6 is 0 Å². The Morgan fingerprint density at radius 2 is 1.52 bits per heavy atom. The fourth-order valence-corrected chi connectivity index (χ4v) is 10.1. The van der Waals surface area contributed by atoms with Crippen molar-refractivity contribution in [3.63, 3.8) is 0 Å². The molecule has 0 amide bonds. The van der Waals surface area contributed by atoms with Crippen LogP contribution in [0.5, 0.6) is 5.75 Å². The molecule has 5 unspecified atom stereocenters. The molecule has 5 atom stereocenters. The second-order valence-electron chi connectivity index (χ2n) is 16.6. The average Bonchev–Trinajstić information content (AvgIpc) is 3.16. The summed E-state index contributed by atoms with van der Waals surface area (Å²) >= 11 is 0.